The number of aromatic hydroxyl groups is 1. The summed E-state index contributed by atoms with van der Waals surface area (Å²) in [5.41, 5.74) is -1.59. The number of hydrogen-bond acceptors (Lipinski definition) is 7. The van der Waals surface area contributed by atoms with Gasteiger partial charge in [0.15, 0.2) is 5.69 Å². The number of nitrogens with zero attached hydrogens (tertiary/aromatic N) is 4. The van der Waals surface area contributed by atoms with Crippen LogP contribution in [0.3, 0.4) is 0 Å². The predicted octanol–water partition coefficient (Wildman–Crippen LogP) is 3.62. The number of phenols is 1. The van der Waals surface area contributed by atoms with Crippen molar-refractivity contribution >= 4 is 22.7 Å². The first kappa shape index (κ1) is 14.1. The lowest BCUT2D eigenvalue weighted by Crippen LogP contribution is -1.96. The fraction of sp³-hybridized carbons (Fsp3) is 0. The second-order valence-electron chi connectivity index (χ2n) is 3.85. The van der Waals surface area contributed by atoms with Gasteiger partial charge in [0, 0.05) is 6.07 Å². The van der Waals surface area contributed by atoms with Crippen LogP contribution in [0.5, 0.6) is 5.75 Å². The van der Waals surface area contributed by atoms with E-state index < -0.39 is 21.2 Å². The lowest BCUT2D eigenvalue weighted by atomic mass is 10.2. The number of nitro benzene ring substituents is 2. The van der Waals surface area contributed by atoms with Crippen molar-refractivity contribution in [1.82, 2.24) is 0 Å². The summed E-state index contributed by atoms with van der Waals surface area (Å²) in [6.07, 6.45) is 0. The Labute approximate surface area is 117 Å². The van der Waals surface area contributed by atoms with E-state index in [9.17, 15) is 25.3 Å². The zero-order valence-corrected chi connectivity index (χ0v) is 10.4. The minimum Gasteiger partial charge on any atom is -0.506 e. The van der Waals surface area contributed by atoms with Crippen LogP contribution < -0.4 is 0 Å². The van der Waals surface area contributed by atoms with Crippen LogP contribution in [-0.2, 0) is 0 Å². The maximum absolute atomic E-state index is 11.0. The molecule has 106 valence electrons. The smallest absolute Gasteiger partial charge is 0.373 e. The third-order valence-electron chi connectivity index (χ3n) is 2.52. The van der Waals surface area contributed by atoms with E-state index in [0.717, 1.165) is 6.07 Å². The highest BCUT2D eigenvalue weighted by atomic mass is 16.6. The van der Waals surface area contributed by atoms with Crippen LogP contribution in [-0.4, -0.2) is 15.0 Å². The van der Waals surface area contributed by atoms with Gasteiger partial charge in [0.1, 0.15) is 11.4 Å². The first-order valence-electron chi connectivity index (χ1n) is 5.62. The van der Waals surface area contributed by atoms with Crippen LogP contribution in [0.25, 0.3) is 0 Å². The average Bonchev–Trinajstić information content (AvgIpc) is 2.45. The molecule has 21 heavy (non-hydrogen) atoms. The van der Waals surface area contributed by atoms with Gasteiger partial charge in [0.2, 0.25) is 0 Å². The molecule has 2 rings (SSSR count). The molecular weight excluding hydrogens is 280 g/mol. The summed E-state index contributed by atoms with van der Waals surface area (Å²) in [5, 5.41) is 38.6. The average molecular weight is 288 g/mol. The summed E-state index contributed by atoms with van der Waals surface area (Å²) in [7, 11) is 0. The molecular formula is C12H8N4O5. The van der Waals surface area contributed by atoms with Crippen LogP contribution in [0.15, 0.2) is 52.7 Å². The number of nitro groups is 2. The summed E-state index contributed by atoms with van der Waals surface area (Å²) in [6, 6.07) is 9.49. The topological polar surface area (TPSA) is 131 Å². The Balaban J connectivity index is 2.50. The number of para-hydroxylation sites is 2. The molecule has 0 amide bonds. The van der Waals surface area contributed by atoms with Crippen molar-refractivity contribution in [2.24, 2.45) is 10.2 Å². The molecule has 1 N–H and O–H groups in total. The lowest BCUT2D eigenvalue weighted by molar-refractivity contribution is -0.421. The van der Waals surface area contributed by atoms with E-state index in [1.165, 1.54) is 24.3 Å². The highest BCUT2D eigenvalue weighted by Crippen LogP contribution is 2.37. The van der Waals surface area contributed by atoms with Gasteiger partial charge in [-0.15, -0.1) is 10.2 Å². The third kappa shape index (κ3) is 2.97. The second-order valence-corrected chi connectivity index (χ2v) is 3.85. The Morgan fingerprint density at radius 1 is 0.857 bits per heavy atom. The first-order valence-corrected chi connectivity index (χ1v) is 5.62. The van der Waals surface area contributed by atoms with Crippen molar-refractivity contribution < 1.29 is 15.0 Å². The molecule has 0 bridgehead atoms. The molecule has 0 atom stereocenters. The molecule has 9 heteroatoms. The largest absolute Gasteiger partial charge is 0.506 e. The number of phenolic OH excluding ortho intramolecular Hbond substituents is 1. The van der Waals surface area contributed by atoms with E-state index in [-0.39, 0.29) is 17.1 Å². The Morgan fingerprint density at radius 3 is 2.10 bits per heavy atom. The summed E-state index contributed by atoms with van der Waals surface area (Å²) in [4.78, 5) is 20.0. The lowest BCUT2D eigenvalue weighted by Gasteiger charge is -1.98. The van der Waals surface area contributed by atoms with E-state index in [1.807, 2.05) is 0 Å². The normalized spacial score (nSPS) is 10.7. The zero-order chi connectivity index (χ0) is 15.4. The number of benzene rings is 2. The van der Waals surface area contributed by atoms with Crippen molar-refractivity contribution in [1.29, 1.82) is 0 Å². The zero-order valence-electron chi connectivity index (χ0n) is 10.4. The van der Waals surface area contributed by atoms with Crippen molar-refractivity contribution in [3.05, 3.63) is 62.7 Å². The Kier molecular flexibility index (Phi) is 3.84. The van der Waals surface area contributed by atoms with Crippen LogP contribution in [0, 0.1) is 20.2 Å². The quantitative estimate of drug-likeness (QED) is 0.521. The van der Waals surface area contributed by atoms with Gasteiger partial charge in [0.25, 0.3) is 0 Å². The number of azo groups is 1. The Morgan fingerprint density at radius 2 is 1.48 bits per heavy atom. The molecule has 2 aromatic carbocycles. The molecule has 9 nitrogen and oxygen atoms in total. The number of rotatable bonds is 4. The molecule has 0 saturated carbocycles. The van der Waals surface area contributed by atoms with Crippen molar-refractivity contribution in [2.75, 3.05) is 0 Å². The van der Waals surface area contributed by atoms with Gasteiger partial charge in [-0.2, -0.15) is 0 Å². The molecule has 0 heterocycles. The van der Waals surface area contributed by atoms with Crippen LogP contribution in [0.1, 0.15) is 0 Å². The van der Waals surface area contributed by atoms with E-state index in [1.54, 1.807) is 12.1 Å². The van der Waals surface area contributed by atoms with Gasteiger partial charge in [-0.25, -0.2) is 0 Å². The van der Waals surface area contributed by atoms with Crippen molar-refractivity contribution in [3.63, 3.8) is 0 Å². The first-order chi connectivity index (χ1) is 10.0. The SMILES string of the molecule is O=[N+]([O-])c1cccc(N=Nc2ccccc2O)c1[N+](=O)[O-]. The fourth-order valence-corrected chi connectivity index (χ4v) is 1.59. The van der Waals surface area contributed by atoms with E-state index in [2.05, 4.69) is 10.2 Å². The highest BCUT2D eigenvalue weighted by molar-refractivity contribution is 5.68. The maximum atomic E-state index is 11.0. The molecule has 0 aliphatic heterocycles. The van der Waals surface area contributed by atoms with Gasteiger partial charge in [-0.05, 0) is 18.2 Å². The second kappa shape index (κ2) is 5.74. The van der Waals surface area contributed by atoms with E-state index in [0.29, 0.717) is 0 Å². The maximum Gasteiger partial charge on any atom is 0.373 e. The van der Waals surface area contributed by atoms with Crippen molar-refractivity contribution in [3.8, 4) is 5.75 Å². The van der Waals surface area contributed by atoms with Gasteiger partial charge in [-0.1, -0.05) is 18.2 Å². The summed E-state index contributed by atoms with van der Waals surface area (Å²) < 4.78 is 0. The molecule has 0 radical (unpaired) electrons. The fourth-order valence-electron chi connectivity index (χ4n) is 1.59. The molecule has 0 unspecified atom stereocenters. The van der Waals surface area contributed by atoms with Gasteiger partial charge >= 0.3 is 11.4 Å². The predicted molar refractivity (Wildman–Crippen MR) is 72.0 cm³/mol. The molecule has 0 saturated heterocycles. The standard InChI is InChI=1S/C12H8N4O5/c17-11-7-2-1-4-8(11)13-14-9-5-3-6-10(15(18)19)12(9)16(20)21/h1-7,17H. The molecule has 0 fully saturated rings. The molecule has 2 aromatic rings. The molecule has 0 spiro atoms. The molecule has 0 aliphatic carbocycles. The van der Waals surface area contributed by atoms with E-state index >= 15 is 0 Å². The summed E-state index contributed by atoms with van der Waals surface area (Å²) >= 11 is 0. The minimum absolute atomic E-state index is 0.0957. The van der Waals surface area contributed by atoms with Gasteiger partial charge in [0.05, 0.1) is 9.85 Å². The Bertz CT molecular complexity index is 744. The molecule has 0 aromatic heterocycles. The number of hydrogen-bond donors (Lipinski definition) is 1. The summed E-state index contributed by atoms with van der Waals surface area (Å²) in [6.45, 7) is 0. The van der Waals surface area contributed by atoms with Crippen LogP contribution >= 0.6 is 0 Å². The third-order valence-corrected chi connectivity index (χ3v) is 2.52. The van der Waals surface area contributed by atoms with Gasteiger partial charge in [-0.3, -0.25) is 20.2 Å². The monoisotopic (exact) mass is 288 g/mol. The van der Waals surface area contributed by atoms with Crippen LogP contribution in [0.4, 0.5) is 22.7 Å². The van der Waals surface area contributed by atoms with Gasteiger partial charge < -0.3 is 5.11 Å². The molecule has 0 aliphatic rings. The Hall–Kier alpha value is -3.36. The van der Waals surface area contributed by atoms with Crippen molar-refractivity contribution in [2.45, 2.75) is 0 Å². The van der Waals surface area contributed by atoms with Crippen LogP contribution in [0.2, 0.25) is 0 Å². The minimum atomic E-state index is -0.892. The van der Waals surface area contributed by atoms with E-state index in [4.69, 9.17) is 0 Å². The summed E-state index contributed by atoms with van der Waals surface area (Å²) in [5.74, 6) is -0.158. The highest BCUT2D eigenvalue weighted by Gasteiger charge is 2.28.